The van der Waals surface area contributed by atoms with Gasteiger partial charge in [-0.25, -0.2) is 0 Å². The van der Waals surface area contributed by atoms with E-state index >= 15 is 0 Å². The summed E-state index contributed by atoms with van der Waals surface area (Å²) in [6.45, 7) is 1.14. The van der Waals surface area contributed by atoms with E-state index in [1.807, 2.05) is 0 Å². The SMILES string of the molecule is Cc1cc(=O)n(CC(=O)Nc2cccc(Cl)c2)cc1[N+](=O)[O-]. The number of halogens is 1. The van der Waals surface area contributed by atoms with Crippen molar-refractivity contribution in [3.8, 4) is 0 Å². The molecule has 2 rings (SSSR count). The minimum absolute atomic E-state index is 0.213. The number of amides is 1. The molecule has 0 bridgehead atoms. The van der Waals surface area contributed by atoms with Gasteiger partial charge in [-0.2, -0.15) is 0 Å². The molecule has 0 saturated heterocycles. The van der Waals surface area contributed by atoms with Gasteiger partial charge in [-0.15, -0.1) is 0 Å². The van der Waals surface area contributed by atoms with Crippen LogP contribution in [0.1, 0.15) is 5.56 Å². The zero-order valence-corrected chi connectivity index (χ0v) is 12.3. The smallest absolute Gasteiger partial charge is 0.288 e. The molecule has 22 heavy (non-hydrogen) atoms. The molecular formula is C14H12ClN3O4. The number of nitro groups is 1. The number of nitrogens with zero attached hydrogens (tertiary/aromatic N) is 2. The second-order valence-electron chi connectivity index (χ2n) is 4.62. The van der Waals surface area contributed by atoms with E-state index in [0.29, 0.717) is 10.7 Å². The Bertz CT molecular complexity index is 801. The molecule has 7 nitrogen and oxygen atoms in total. The van der Waals surface area contributed by atoms with E-state index < -0.39 is 16.4 Å². The molecule has 1 aromatic carbocycles. The predicted octanol–water partition coefficient (Wildman–Crippen LogP) is 2.36. The maximum Gasteiger partial charge on any atom is 0.288 e. The first-order valence-electron chi connectivity index (χ1n) is 6.27. The predicted molar refractivity (Wildman–Crippen MR) is 82.2 cm³/mol. The van der Waals surface area contributed by atoms with Crippen molar-refractivity contribution in [1.29, 1.82) is 0 Å². The summed E-state index contributed by atoms with van der Waals surface area (Å²) in [5.41, 5.74) is 0.0353. The number of hydrogen-bond donors (Lipinski definition) is 1. The number of rotatable bonds is 4. The van der Waals surface area contributed by atoms with Gasteiger partial charge in [-0.05, 0) is 25.1 Å². The lowest BCUT2D eigenvalue weighted by Gasteiger charge is -2.08. The molecule has 0 spiro atoms. The second-order valence-corrected chi connectivity index (χ2v) is 5.06. The number of nitrogens with one attached hydrogen (secondary N) is 1. The molecule has 1 heterocycles. The summed E-state index contributed by atoms with van der Waals surface area (Å²) in [5, 5.41) is 13.9. The molecule has 0 aliphatic carbocycles. The van der Waals surface area contributed by atoms with Crippen LogP contribution in [0.3, 0.4) is 0 Å². The zero-order chi connectivity index (χ0) is 16.3. The first-order chi connectivity index (χ1) is 10.4. The fraction of sp³-hybridized carbons (Fsp3) is 0.143. The Labute approximate surface area is 130 Å². The van der Waals surface area contributed by atoms with Crippen molar-refractivity contribution in [1.82, 2.24) is 4.57 Å². The van der Waals surface area contributed by atoms with E-state index in [4.69, 9.17) is 11.6 Å². The van der Waals surface area contributed by atoms with Gasteiger partial charge in [0.25, 0.3) is 11.2 Å². The van der Waals surface area contributed by atoms with Crippen molar-refractivity contribution >= 4 is 28.9 Å². The quantitative estimate of drug-likeness (QED) is 0.690. The molecule has 0 atom stereocenters. The number of anilines is 1. The molecule has 1 N–H and O–H groups in total. The maximum absolute atomic E-state index is 11.9. The van der Waals surface area contributed by atoms with E-state index in [-0.39, 0.29) is 17.8 Å². The maximum atomic E-state index is 11.9. The van der Waals surface area contributed by atoms with Gasteiger partial charge in [0.15, 0.2) is 0 Å². The Kier molecular flexibility index (Phi) is 4.57. The first kappa shape index (κ1) is 15.7. The van der Waals surface area contributed by atoms with Crippen LogP contribution in [0, 0.1) is 17.0 Å². The second kappa shape index (κ2) is 6.40. The summed E-state index contributed by atoms with van der Waals surface area (Å²) in [4.78, 5) is 34.0. The number of pyridine rings is 1. The van der Waals surface area contributed by atoms with Crippen LogP contribution in [0.25, 0.3) is 0 Å². The standard InChI is InChI=1S/C14H12ClN3O4/c1-9-5-14(20)17(7-12(9)18(21)22)8-13(19)16-11-4-2-3-10(15)6-11/h2-7H,8H2,1H3,(H,16,19). The highest BCUT2D eigenvalue weighted by Gasteiger charge is 2.15. The molecular weight excluding hydrogens is 310 g/mol. The summed E-state index contributed by atoms with van der Waals surface area (Å²) in [5.74, 6) is -0.484. The summed E-state index contributed by atoms with van der Waals surface area (Å²) < 4.78 is 0.991. The minimum Gasteiger partial charge on any atom is -0.324 e. The number of carbonyl (C=O) groups is 1. The molecule has 0 saturated carbocycles. The number of benzene rings is 1. The van der Waals surface area contributed by atoms with Gasteiger partial charge in [-0.3, -0.25) is 24.3 Å². The van der Waals surface area contributed by atoms with E-state index in [9.17, 15) is 19.7 Å². The van der Waals surface area contributed by atoms with Crippen molar-refractivity contribution in [3.05, 3.63) is 67.6 Å². The third-order valence-corrected chi connectivity index (χ3v) is 3.16. The Balaban J connectivity index is 2.20. The van der Waals surface area contributed by atoms with Gasteiger partial charge in [0.05, 0.1) is 11.1 Å². The Morgan fingerprint density at radius 2 is 2.14 bits per heavy atom. The highest BCUT2D eigenvalue weighted by Crippen LogP contribution is 2.16. The van der Waals surface area contributed by atoms with Crippen LogP contribution in [0.5, 0.6) is 0 Å². The first-order valence-corrected chi connectivity index (χ1v) is 6.65. The van der Waals surface area contributed by atoms with Crippen LogP contribution in [0.15, 0.2) is 41.3 Å². The van der Waals surface area contributed by atoms with Crippen LogP contribution < -0.4 is 10.9 Å². The van der Waals surface area contributed by atoms with Gasteiger partial charge in [0.1, 0.15) is 6.54 Å². The molecule has 0 unspecified atom stereocenters. The van der Waals surface area contributed by atoms with Gasteiger partial charge in [0, 0.05) is 22.3 Å². The topological polar surface area (TPSA) is 94.2 Å². The van der Waals surface area contributed by atoms with E-state index in [0.717, 1.165) is 16.8 Å². The summed E-state index contributed by atoms with van der Waals surface area (Å²) in [7, 11) is 0. The van der Waals surface area contributed by atoms with Crippen molar-refractivity contribution in [2.45, 2.75) is 13.5 Å². The summed E-state index contributed by atoms with van der Waals surface area (Å²) in [6.07, 6.45) is 1.06. The molecule has 1 aromatic heterocycles. The molecule has 0 aliphatic rings. The van der Waals surface area contributed by atoms with Gasteiger partial charge < -0.3 is 5.32 Å². The summed E-state index contributed by atoms with van der Waals surface area (Å²) in [6, 6.07) is 7.65. The highest BCUT2D eigenvalue weighted by molar-refractivity contribution is 6.30. The van der Waals surface area contributed by atoms with Gasteiger partial charge in [0.2, 0.25) is 5.91 Å². The Morgan fingerprint density at radius 1 is 1.41 bits per heavy atom. The lowest BCUT2D eigenvalue weighted by atomic mass is 10.2. The van der Waals surface area contributed by atoms with Crippen LogP contribution in [-0.4, -0.2) is 15.4 Å². The number of aromatic nitrogens is 1. The largest absolute Gasteiger partial charge is 0.324 e. The van der Waals surface area contributed by atoms with Crippen molar-refractivity contribution in [3.63, 3.8) is 0 Å². The van der Waals surface area contributed by atoms with Crippen LogP contribution in [-0.2, 0) is 11.3 Å². The Hall–Kier alpha value is -2.67. The molecule has 0 aliphatic heterocycles. The number of aryl methyl sites for hydroxylation is 1. The van der Waals surface area contributed by atoms with E-state index in [2.05, 4.69) is 5.32 Å². The van der Waals surface area contributed by atoms with Crippen LogP contribution in [0.4, 0.5) is 11.4 Å². The molecule has 114 valence electrons. The fourth-order valence-corrected chi connectivity index (χ4v) is 2.08. The van der Waals surface area contributed by atoms with Gasteiger partial charge in [-0.1, -0.05) is 17.7 Å². The monoisotopic (exact) mass is 321 g/mol. The minimum atomic E-state index is -0.597. The van der Waals surface area contributed by atoms with E-state index in [1.165, 1.54) is 6.92 Å². The number of carbonyl (C=O) groups excluding carboxylic acids is 1. The van der Waals surface area contributed by atoms with Crippen LogP contribution in [0.2, 0.25) is 5.02 Å². The average Bonchev–Trinajstić information content (AvgIpc) is 2.41. The normalized spacial score (nSPS) is 10.3. The van der Waals surface area contributed by atoms with Gasteiger partial charge >= 0.3 is 0 Å². The third-order valence-electron chi connectivity index (χ3n) is 2.92. The van der Waals surface area contributed by atoms with Crippen molar-refractivity contribution in [2.24, 2.45) is 0 Å². The number of hydrogen-bond acceptors (Lipinski definition) is 4. The molecule has 0 fully saturated rings. The molecule has 0 radical (unpaired) electrons. The molecule has 2 aromatic rings. The average molecular weight is 322 g/mol. The highest BCUT2D eigenvalue weighted by atomic mass is 35.5. The van der Waals surface area contributed by atoms with E-state index in [1.54, 1.807) is 24.3 Å². The van der Waals surface area contributed by atoms with Crippen LogP contribution >= 0.6 is 11.6 Å². The lowest BCUT2D eigenvalue weighted by molar-refractivity contribution is -0.385. The zero-order valence-electron chi connectivity index (χ0n) is 11.6. The van der Waals surface area contributed by atoms with Crippen molar-refractivity contribution < 1.29 is 9.72 Å². The third kappa shape index (κ3) is 3.70. The lowest BCUT2D eigenvalue weighted by Crippen LogP contribution is -2.27. The summed E-state index contributed by atoms with van der Waals surface area (Å²) >= 11 is 5.81. The molecule has 8 heteroatoms. The Morgan fingerprint density at radius 3 is 2.77 bits per heavy atom. The fourth-order valence-electron chi connectivity index (χ4n) is 1.89. The van der Waals surface area contributed by atoms with Crippen molar-refractivity contribution in [2.75, 3.05) is 5.32 Å². The molecule has 1 amide bonds.